The molecule has 2 heterocycles. The highest BCUT2D eigenvalue weighted by atomic mass is 15.0. The van der Waals surface area contributed by atoms with E-state index in [1.54, 1.807) is 0 Å². The first-order valence-electron chi connectivity index (χ1n) is 11.8. The Kier molecular flexibility index (Phi) is 4.16. The summed E-state index contributed by atoms with van der Waals surface area (Å²) < 4.78 is 4.68. The summed E-state index contributed by atoms with van der Waals surface area (Å²) in [6.45, 7) is 0. The Labute approximate surface area is 198 Å². The van der Waals surface area contributed by atoms with Crippen molar-refractivity contribution >= 4 is 43.6 Å². The summed E-state index contributed by atoms with van der Waals surface area (Å²) in [5.41, 5.74) is 8.94. The summed E-state index contributed by atoms with van der Waals surface area (Å²) in [6, 6.07) is 41.9. The van der Waals surface area contributed by atoms with Gasteiger partial charge in [0.2, 0.25) is 0 Å². The number of fused-ring (bicyclic) bond motifs is 6. The lowest BCUT2D eigenvalue weighted by Crippen LogP contribution is -1.94. The van der Waals surface area contributed by atoms with E-state index < -0.39 is 0 Å². The van der Waals surface area contributed by atoms with Crippen molar-refractivity contribution in [2.75, 3.05) is 0 Å². The third-order valence-corrected chi connectivity index (χ3v) is 7.14. The number of hydrogen-bond acceptors (Lipinski definition) is 0. The van der Waals surface area contributed by atoms with Crippen LogP contribution in [-0.2, 0) is 13.5 Å². The van der Waals surface area contributed by atoms with E-state index in [0.29, 0.717) is 0 Å². The molecule has 0 unspecified atom stereocenters. The third-order valence-electron chi connectivity index (χ3n) is 7.14. The molecule has 0 atom stereocenters. The maximum absolute atomic E-state index is 2.38. The van der Waals surface area contributed by atoms with Gasteiger partial charge >= 0.3 is 0 Å². The number of aryl methyl sites for hydroxylation is 1. The van der Waals surface area contributed by atoms with Crippen molar-refractivity contribution in [3.8, 4) is 5.69 Å². The molecule has 0 amide bonds. The van der Waals surface area contributed by atoms with E-state index in [2.05, 4.69) is 131 Å². The largest absolute Gasteiger partial charge is 0.344 e. The van der Waals surface area contributed by atoms with E-state index >= 15 is 0 Å². The Morgan fingerprint density at radius 1 is 0.471 bits per heavy atom. The molecule has 162 valence electrons. The van der Waals surface area contributed by atoms with E-state index in [0.717, 1.165) is 6.42 Å². The van der Waals surface area contributed by atoms with E-state index in [1.807, 2.05) is 0 Å². The van der Waals surface area contributed by atoms with Gasteiger partial charge in [0.05, 0.1) is 11.0 Å². The zero-order chi connectivity index (χ0) is 22.6. The molecular formula is C32H24N2. The van der Waals surface area contributed by atoms with Gasteiger partial charge in [-0.2, -0.15) is 0 Å². The van der Waals surface area contributed by atoms with Crippen LogP contribution in [0.2, 0.25) is 0 Å². The Bertz CT molecular complexity index is 1830. The second-order valence-electron chi connectivity index (χ2n) is 9.14. The zero-order valence-corrected chi connectivity index (χ0v) is 19.1. The van der Waals surface area contributed by atoms with Gasteiger partial charge in [0.25, 0.3) is 0 Å². The summed E-state index contributed by atoms with van der Waals surface area (Å²) in [5.74, 6) is 0. The molecule has 0 radical (unpaired) electrons. The molecule has 0 bridgehead atoms. The molecule has 0 aliphatic rings. The van der Waals surface area contributed by atoms with Crippen molar-refractivity contribution in [1.29, 1.82) is 0 Å². The van der Waals surface area contributed by atoms with E-state index in [9.17, 15) is 0 Å². The van der Waals surface area contributed by atoms with Gasteiger partial charge in [0.15, 0.2) is 0 Å². The van der Waals surface area contributed by atoms with Crippen LogP contribution in [0.15, 0.2) is 115 Å². The number of para-hydroxylation sites is 3. The highest BCUT2D eigenvalue weighted by Crippen LogP contribution is 2.34. The van der Waals surface area contributed by atoms with Crippen molar-refractivity contribution in [3.05, 3.63) is 126 Å². The summed E-state index contributed by atoms with van der Waals surface area (Å²) in [4.78, 5) is 0. The maximum atomic E-state index is 2.38. The lowest BCUT2D eigenvalue weighted by molar-refractivity contribution is 1.01. The average Bonchev–Trinajstić information content (AvgIpc) is 3.37. The number of hydrogen-bond donors (Lipinski definition) is 0. The number of nitrogens with zero attached hydrogens (tertiary/aromatic N) is 2. The molecule has 0 aliphatic heterocycles. The zero-order valence-electron chi connectivity index (χ0n) is 19.1. The first kappa shape index (κ1) is 19.2. The van der Waals surface area contributed by atoms with Crippen molar-refractivity contribution in [1.82, 2.24) is 9.13 Å². The Hall–Kier alpha value is -4.30. The minimum Gasteiger partial charge on any atom is -0.344 e. The van der Waals surface area contributed by atoms with Crippen LogP contribution in [0.1, 0.15) is 11.1 Å². The lowest BCUT2D eigenvalue weighted by Gasteiger charge is -2.08. The normalized spacial score (nSPS) is 11.8. The smallest absolute Gasteiger partial charge is 0.0541 e. The average molecular weight is 437 g/mol. The van der Waals surface area contributed by atoms with Gasteiger partial charge in [-0.15, -0.1) is 0 Å². The Balaban J connectivity index is 1.36. The molecule has 5 aromatic carbocycles. The van der Waals surface area contributed by atoms with Crippen molar-refractivity contribution in [2.45, 2.75) is 6.42 Å². The van der Waals surface area contributed by atoms with Crippen LogP contribution in [0.4, 0.5) is 0 Å². The fraction of sp³-hybridized carbons (Fsp3) is 0.0625. The number of rotatable bonds is 3. The topological polar surface area (TPSA) is 9.86 Å². The van der Waals surface area contributed by atoms with Gasteiger partial charge in [-0.1, -0.05) is 72.8 Å². The van der Waals surface area contributed by atoms with E-state index in [-0.39, 0.29) is 0 Å². The van der Waals surface area contributed by atoms with Crippen molar-refractivity contribution < 1.29 is 0 Å². The molecule has 7 rings (SSSR count). The third kappa shape index (κ3) is 2.82. The van der Waals surface area contributed by atoms with Crippen LogP contribution in [0.25, 0.3) is 49.3 Å². The first-order chi connectivity index (χ1) is 16.8. The van der Waals surface area contributed by atoms with Crippen LogP contribution in [0, 0.1) is 0 Å². The summed E-state index contributed by atoms with van der Waals surface area (Å²) >= 11 is 0. The van der Waals surface area contributed by atoms with Gasteiger partial charge in [0.1, 0.15) is 0 Å². The molecule has 0 saturated heterocycles. The minimum absolute atomic E-state index is 0.915. The molecule has 0 saturated carbocycles. The maximum Gasteiger partial charge on any atom is 0.0541 e. The van der Waals surface area contributed by atoms with Gasteiger partial charge in [-0.3, -0.25) is 0 Å². The number of benzene rings is 5. The molecule has 0 spiro atoms. The van der Waals surface area contributed by atoms with E-state index in [4.69, 9.17) is 0 Å². The van der Waals surface area contributed by atoms with Crippen LogP contribution >= 0.6 is 0 Å². The summed E-state index contributed by atoms with van der Waals surface area (Å²) in [6.07, 6.45) is 0.915. The van der Waals surface area contributed by atoms with Gasteiger partial charge in [-0.25, -0.2) is 0 Å². The highest BCUT2D eigenvalue weighted by molar-refractivity contribution is 6.10. The SMILES string of the molecule is Cn1c2ccccc2c2ccc(Cc3ccc4c(c3)c3ccccc3n4-c3ccccc3)cc21. The molecule has 2 heteroatoms. The summed E-state index contributed by atoms with van der Waals surface area (Å²) in [5, 5.41) is 5.25. The Morgan fingerprint density at radius 2 is 1.06 bits per heavy atom. The molecule has 34 heavy (non-hydrogen) atoms. The monoisotopic (exact) mass is 436 g/mol. The fourth-order valence-corrected chi connectivity index (χ4v) is 5.54. The fourth-order valence-electron chi connectivity index (χ4n) is 5.54. The first-order valence-corrected chi connectivity index (χ1v) is 11.8. The number of aromatic nitrogens is 2. The molecule has 0 aliphatic carbocycles. The van der Waals surface area contributed by atoms with Crippen LogP contribution in [0.5, 0.6) is 0 Å². The van der Waals surface area contributed by atoms with Crippen molar-refractivity contribution in [3.63, 3.8) is 0 Å². The second-order valence-corrected chi connectivity index (χ2v) is 9.14. The molecule has 0 fully saturated rings. The Morgan fingerprint density at radius 3 is 1.88 bits per heavy atom. The van der Waals surface area contributed by atoms with Crippen molar-refractivity contribution in [2.24, 2.45) is 7.05 Å². The highest BCUT2D eigenvalue weighted by Gasteiger charge is 2.13. The second kappa shape index (κ2) is 7.36. The molecule has 2 nitrogen and oxygen atoms in total. The predicted octanol–water partition coefficient (Wildman–Crippen LogP) is 8.02. The van der Waals surface area contributed by atoms with E-state index in [1.165, 1.54) is 60.4 Å². The predicted molar refractivity (Wildman–Crippen MR) is 144 cm³/mol. The lowest BCUT2D eigenvalue weighted by atomic mass is 10.0. The molecule has 0 N–H and O–H groups in total. The molecule has 2 aromatic heterocycles. The van der Waals surface area contributed by atoms with Gasteiger partial charge in [-0.05, 0) is 60.0 Å². The molecule has 7 aromatic rings. The van der Waals surface area contributed by atoms with Crippen LogP contribution in [-0.4, -0.2) is 9.13 Å². The molecular weight excluding hydrogens is 412 g/mol. The van der Waals surface area contributed by atoms with Crippen LogP contribution in [0.3, 0.4) is 0 Å². The van der Waals surface area contributed by atoms with Crippen LogP contribution < -0.4 is 0 Å². The quantitative estimate of drug-likeness (QED) is 0.265. The summed E-state index contributed by atoms with van der Waals surface area (Å²) in [7, 11) is 2.17. The standard InChI is InChI=1S/C32H24N2/c1-33-29-13-7-5-11-25(29)27-17-15-23(21-32(27)33)19-22-16-18-31-28(20-22)26-12-6-8-14-30(26)34(31)24-9-3-2-4-10-24/h2-18,20-21H,19H2,1H3. The van der Waals surface area contributed by atoms with Gasteiger partial charge < -0.3 is 9.13 Å². The van der Waals surface area contributed by atoms with Gasteiger partial charge in [0, 0.05) is 45.3 Å². The minimum atomic E-state index is 0.915.